The number of piperidine rings is 1. The molecule has 2 N–H and O–H groups in total. The molecule has 0 saturated carbocycles. The Morgan fingerprint density at radius 2 is 1.97 bits per heavy atom. The molecule has 0 unspecified atom stereocenters. The van der Waals surface area contributed by atoms with E-state index in [0.29, 0.717) is 61.4 Å². The SMILES string of the molecule is Cc1nc(Oc2ccc(N3CCCS3(=O)=O)c3ccccc23)c(-c2ccnc(N[C@@H]3CNC[C@@H](F)C3)n2)s1. The zero-order chi connectivity index (χ0) is 26.3. The van der Waals surface area contributed by atoms with E-state index in [1.807, 2.05) is 31.2 Å². The molecular weight excluding hydrogens is 527 g/mol. The molecule has 4 heterocycles. The molecule has 0 spiro atoms. The molecule has 6 rings (SSSR count). The second-order valence-corrected chi connectivity index (χ2v) is 12.7. The quantitative estimate of drug-likeness (QED) is 0.359. The second-order valence-electron chi connectivity index (χ2n) is 9.44. The number of thiazole rings is 1. The van der Waals surface area contributed by atoms with Crippen LogP contribution in [-0.4, -0.2) is 61.0 Å². The Hall–Kier alpha value is -3.35. The number of fused-ring (bicyclic) bond motifs is 1. The Balaban J connectivity index is 1.32. The second kappa shape index (κ2) is 10.1. The zero-order valence-corrected chi connectivity index (χ0v) is 22.4. The number of rotatable bonds is 6. The minimum Gasteiger partial charge on any atom is -0.437 e. The highest BCUT2D eigenvalue weighted by molar-refractivity contribution is 7.93. The molecule has 198 valence electrons. The summed E-state index contributed by atoms with van der Waals surface area (Å²) in [5, 5.41) is 8.70. The van der Waals surface area contributed by atoms with Crippen LogP contribution in [0.2, 0.25) is 0 Å². The molecule has 9 nitrogen and oxygen atoms in total. The van der Waals surface area contributed by atoms with E-state index in [4.69, 9.17) is 4.74 Å². The minimum absolute atomic E-state index is 0.0998. The highest BCUT2D eigenvalue weighted by Crippen LogP contribution is 2.41. The monoisotopic (exact) mass is 554 g/mol. The normalized spacial score (nSPS) is 21.1. The highest BCUT2D eigenvalue weighted by atomic mass is 32.2. The van der Waals surface area contributed by atoms with Crippen molar-refractivity contribution in [2.24, 2.45) is 0 Å². The maximum atomic E-state index is 13.8. The number of aromatic nitrogens is 3. The van der Waals surface area contributed by atoms with Gasteiger partial charge < -0.3 is 15.4 Å². The summed E-state index contributed by atoms with van der Waals surface area (Å²) >= 11 is 1.46. The number of hydrogen-bond donors (Lipinski definition) is 2. The van der Waals surface area contributed by atoms with Crippen molar-refractivity contribution in [2.75, 3.05) is 35.0 Å². The average molecular weight is 555 g/mol. The molecule has 0 bridgehead atoms. The summed E-state index contributed by atoms with van der Waals surface area (Å²) in [7, 11) is -3.32. The summed E-state index contributed by atoms with van der Waals surface area (Å²) < 4.78 is 46.9. The Morgan fingerprint density at radius 3 is 2.76 bits per heavy atom. The van der Waals surface area contributed by atoms with Gasteiger partial charge in [-0.3, -0.25) is 4.31 Å². The number of benzene rings is 2. The van der Waals surface area contributed by atoms with Crippen molar-refractivity contribution in [2.45, 2.75) is 32.0 Å². The van der Waals surface area contributed by atoms with Crippen molar-refractivity contribution < 1.29 is 17.5 Å². The first kappa shape index (κ1) is 25.0. The topological polar surface area (TPSA) is 109 Å². The lowest BCUT2D eigenvalue weighted by molar-refractivity contribution is 0.254. The summed E-state index contributed by atoms with van der Waals surface area (Å²) in [4.78, 5) is 14.3. The van der Waals surface area contributed by atoms with E-state index in [9.17, 15) is 12.8 Å². The summed E-state index contributed by atoms with van der Waals surface area (Å²) in [6.07, 6.45) is 1.77. The number of anilines is 2. The first-order valence-corrected chi connectivity index (χ1v) is 14.9. The maximum absolute atomic E-state index is 13.8. The molecule has 4 aromatic rings. The molecule has 2 aliphatic rings. The van der Waals surface area contributed by atoms with Crippen molar-refractivity contribution in [1.29, 1.82) is 0 Å². The fourth-order valence-electron chi connectivity index (χ4n) is 4.95. The van der Waals surface area contributed by atoms with Gasteiger partial charge in [-0.25, -0.2) is 27.8 Å². The van der Waals surface area contributed by atoms with Gasteiger partial charge >= 0.3 is 0 Å². The molecule has 2 saturated heterocycles. The molecule has 0 amide bonds. The van der Waals surface area contributed by atoms with Gasteiger partial charge in [-0.15, -0.1) is 11.3 Å². The lowest BCUT2D eigenvalue weighted by Crippen LogP contribution is -2.44. The number of ether oxygens (including phenoxy) is 1. The molecule has 2 aromatic carbocycles. The van der Waals surface area contributed by atoms with Crippen molar-refractivity contribution in [3.05, 3.63) is 53.7 Å². The summed E-state index contributed by atoms with van der Waals surface area (Å²) in [5.41, 5.74) is 1.30. The van der Waals surface area contributed by atoms with E-state index in [2.05, 4.69) is 25.6 Å². The first-order valence-electron chi connectivity index (χ1n) is 12.5. The third kappa shape index (κ3) is 4.91. The van der Waals surface area contributed by atoms with Crippen molar-refractivity contribution >= 4 is 43.8 Å². The maximum Gasteiger partial charge on any atom is 0.240 e. The largest absolute Gasteiger partial charge is 0.437 e. The van der Waals surface area contributed by atoms with Crippen LogP contribution < -0.4 is 19.7 Å². The Labute approximate surface area is 224 Å². The van der Waals surface area contributed by atoms with Crippen LogP contribution in [0.25, 0.3) is 21.3 Å². The first-order chi connectivity index (χ1) is 18.4. The van der Waals surface area contributed by atoms with E-state index in [1.54, 1.807) is 24.4 Å². The van der Waals surface area contributed by atoms with Gasteiger partial charge in [0.15, 0.2) is 0 Å². The van der Waals surface area contributed by atoms with Crippen LogP contribution in [0.3, 0.4) is 0 Å². The average Bonchev–Trinajstić information content (AvgIpc) is 3.45. The molecule has 2 aromatic heterocycles. The summed E-state index contributed by atoms with van der Waals surface area (Å²) in [6.45, 7) is 3.37. The Bertz CT molecular complexity index is 1600. The van der Waals surface area contributed by atoms with E-state index in [0.717, 1.165) is 20.7 Å². The predicted octanol–water partition coefficient (Wildman–Crippen LogP) is 4.51. The molecule has 12 heteroatoms. The van der Waals surface area contributed by atoms with Crippen LogP contribution >= 0.6 is 11.3 Å². The molecule has 2 fully saturated rings. The third-order valence-electron chi connectivity index (χ3n) is 6.66. The van der Waals surface area contributed by atoms with Gasteiger partial charge in [0.1, 0.15) is 16.8 Å². The number of nitrogens with zero attached hydrogens (tertiary/aromatic N) is 4. The Morgan fingerprint density at radius 1 is 1.13 bits per heavy atom. The van der Waals surface area contributed by atoms with Gasteiger partial charge in [0.05, 0.1) is 22.1 Å². The van der Waals surface area contributed by atoms with E-state index in [1.165, 1.54) is 15.6 Å². The van der Waals surface area contributed by atoms with Crippen LogP contribution in [-0.2, 0) is 10.0 Å². The van der Waals surface area contributed by atoms with Crippen LogP contribution in [0.15, 0.2) is 48.7 Å². The standard InChI is InChI=1S/C26H27FN6O3S2/c1-16-30-25(24(37-16)21-9-10-29-26(32-21)31-18-13-17(27)14-28-15-18)36-23-8-7-22(19-5-2-3-6-20(19)23)33-11-4-12-38(33,34)35/h2-3,5-10,17-18,28H,4,11-15H2,1H3,(H,29,31,32)/t17-,18-/m0/s1. The molecule has 38 heavy (non-hydrogen) atoms. The molecule has 2 atom stereocenters. The fraction of sp³-hybridized carbons (Fsp3) is 0.346. The van der Waals surface area contributed by atoms with Gasteiger partial charge in [0.2, 0.25) is 21.9 Å². The van der Waals surface area contributed by atoms with E-state index in [-0.39, 0.29) is 11.8 Å². The summed E-state index contributed by atoms with van der Waals surface area (Å²) in [6, 6.07) is 12.9. The minimum atomic E-state index is -3.32. The van der Waals surface area contributed by atoms with E-state index < -0.39 is 16.2 Å². The van der Waals surface area contributed by atoms with Gasteiger partial charge in [-0.1, -0.05) is 24.3 Å². The lowest BCUT2D eigenvalue weighted by atomic mass is 10.1. The molecule has 0 aliphatic carbocycles. The number of halogens is 1. The smallest absolute Gasteiger partial charge is 0.240 e. The van der Waals surface area contributed by atoms with E-state index >= 15 is 0 Å². The van der Waals surface area contributed by atoms with Crippen molar-refractivity contribution in [3.8, 4) is 22.2 Å². The van der Waals surface area contributed by atoms with Gasteiger partial charge in [-0.05, 0) is 31.5 Å². The number of sulfonamides is 1. The number of nitrogens with one attached hydrogen (secondary N) is 2. The Kier molecular flexibility index (Phi) is 6.62. The lowest BCUT2D eigenvalue weighted by Gasteiger charge is -2.26. The zero-order valence-electron chi connectivity index (χ0n) is 20.7. The van der Waals surface area contributed by atoms with Crippen LogP contribution in [0.1, 0.15) is 17.8 Å². The fourth-order valence-corrected chi connectivity index (χ4v) is 7.35. The van der Waals surface area contributed by atoms with Crippen LogP contribution in [0.4, 0.5) is 16.0 Å². The number of hydrogen-bond acceptors (Lipinski definition) is 9. The number of alkyl halides is 1. The molecular formula is C26H27FN6O3S2. The van der Waals surface area contributed by atoms with Crippen molar-refractivity contribution in [3.63, 3.8) is 0 Å². The third-order valence-corrected chi connectivity index (χ3v) is 9.49. The van der Waals surface area contributed by atoms with Crippen molar-refractivity contribution in [1.82, 2.24) is 20.3 Å². The molecule has 2 aliphatic heterocycles. The predicted molar refractivity (Wildman–Crippen MR) is 147 cm³/mol. The van der Waals surface area contributed by atoms with Crippen LogP contribution in [0.5, 0.6) is 11.6 Å². The van der Waals surface area contributed by atoms with Crippen LogP contribution in [0, 0.1) is 6.92 Å². The summed E-state index contributed by atoms with van der Waals surface area (Å²) in [5.74, 6) is 1.55. The number of aryl methyl sites for hydroxylation is 1. The van der Waals surface area contributed by atoms with Gasteiger partial charge in [0.25, 0.3) is 0 Å². The highest BCUT2D eigenvalue weighted by Gasteiger charge is 2.30. The molecule has 0 radical (unpaired) electrons. The van der Waals surface area contributed by atoms with Gasteiger partial charge in [-0.2, -0.15) is 0 Å². The van der Waals surface area contributed by atoms with Gasteiger partial charge in [0, 0.05) is 49.1 Å².